The van der Waals surface area contributed by atoms with Gasteiger partial charge in [0.2, 0.25) is 0 Å². The first kappa shape index (κ1) is 20.9. The van der Waals surface area contributed by atoms with E-state index in [1.54, 1.807) is 0 Å². The lowest BCUT2D eigenvalue weighted by Gasteiger charge is -2.27. The van der Waals surface area contributed by atoms with Gasteiger partial charge in [-0.15, -0.1) is 0 Å². The minimum atomic E-state index is -0.0724. The highest BCUT2D eigenvalue weighted by Crippen LogP contribution is 2.32. The number of ether oxygens (including phenoxy) is 1. The van der Waals surface area contributed by atoms with Gasteiger partial charge >= 0.3 is 5.97 Å². The first-order valence-electron chi connectivity index (χ1n) is 11.2. The van der Waals surface area contributed by atoms with E-state index in [-0.39, 0.29) is 11.9 Å². The van der Waals surface area contributed by atoms with Gasteiger partial charge in [0.15, 0.2) is 0 Å². The van der Waals surface area contributed by atoms with Gasteiger partial charge in [-0.2, -0.15) is 0 Å². The van der Waals surface area contributed by atoms with Gasteiger partial charge in [0.1, 0.15) is 5.75 Å². The van der Waals surface area contributed by atoms with E-state index in [2.05, 4.69) is 36.1 Å². The first-order valence-corrected chi connectivity index (χ1v) is 11.2. The van der Waals surface area contributed by atoms with Crippen LogP contribution in [0.1, 0.15) is 48.8 Å². The molecule has 2 nitrogen and oxygen atoms in total. The molecule has 3 aromatic rings. The molecule has 0 aliphatic heterocycles. The molecule has 0 bridgehead atoms. The highest BCUT2D eigenvalue weighted by molar-refractivity contribution is 5.75. The van der Waals surface area contributed by atoms with Gasteiger partial charge in [-0.25, -0.2) is 0 Å². The molecule has 0 atom stereocenters. The summed E-state index contributed by atoms with van der Waals surface area (Å²) in [6.07, 6.45) is 6.34. The molecule has 156 valence electrons. The lowest BCUT2D eigenvalue weighted by molar-refractivity contribution is -0.140. The van der Waals surface area contributed by atoms with Gasteiger partial charge in [-0.05, 0) is 86.4 Å². The van der Waals surface area contributed by atoms with E-state index in [1.807, 2.05) is 60.7 Å². The van der Waals surface area contributed by atoms with Crippen molar-refractivity contribution in [3.63, 3.8) is 0 Å². The Labute approximate surface area is 185 Å². The van der Waals surface area contributed by atoms with Crippen molar-refractivity contribution in [1.82, 2.24) is 0 Å². The van der Waals surface area contributed by atoms with Gasteiger partial charge in [-0.3, -0.25) is 4.79 Å². The molecule has 0 spiro atoms. The molecular weight excluding hydrogens is 380 g/mol. The summed E-state index contributed by atoms with van der Waals surface area (Å²) in [4.78, 5) is 12.4. The number of hydrogen-bond acceptors (Lipinski definition) is 2. The average Bonchev–Trinajstić information content (AvgIpc) is 2.84. The van der Waals surface area contributed by atoms with Crippen LogP contribution in [0.5, 0.6) is 5.75 Å². The summed E-state index contributed by atoms with van der Waals surface area (Å²) in [6, 6.07) is 28.1. The molecule has 0 N–H and O–H groups in total. The quantitative estimate of drug-likeness (QED) is 0.276. The maximum atomic E-state index is 12.4. The summed E-state index contributed by atoms with van der Waals surface area (Å²) < 4.78 is 5.53. The molecule has 4 rings (SSSR count). The van der Waals surface area contributed by atoms with Crippen molar-refractivity contribution >= 4 is 5.97 Å². The van der Waals surface area contributed by atoms with E-state index in [0.29, 0.717) is 11.7 Å². The Kier molecular flexibility index (Phi) is 7.19. The van der Waals surface area contributed by atoms with Gasteiger partial charge in [0.25, 0.3) is 0 Å². The highest BCUT2D eigenvalue weighted by Gasteiger charge is 2.27. The van der Waals surface area contributed by atoms with E-state index in [9.17, 15) is 4.79 Å². The van der Waals surface area contributed by atoms with E-state index < -0.39 is 0 Å². The molecule has 1 aliphatic carbocycles. The van der Waals surface area contributed by atoms with Crippen molar-refractivity contribution in [2.75, 3.05) is 0 Å². The zero-order chi connectivity index (χ0) is 21.3. The average molecular weight is 409 g/mol. The summed E-state index contributed by atoms with van der Waals surface area (Å²) in [7, 11) is 0. The van der Waals surface area contributed by atoms with Crippen LogP contribution in [0, 0.1) is 23.7 Å². The van der Waals surface area contributed by atoms with E-state index in [1.165, 1.54) is 12.0 Å². The number of carbonyl (C=O) groups is 1. The molecule has 0 unspecified atom stereocenters. The standard InChI is InChI=1S/C29H28O2/c30-29(31-28-9-5-2-6-10-28)27-21-19-26(20-22-27)18-17-25-15-13-24(14-16-25)12-11-23-7-3-1-4-8-23/h1-10,13-16,26-27H,17-22H2. The second kappa shape index (κ2) is 10.6. The van der Waals surface area contributed by atoms with Gasteiger partial charge < -0.3 is 4.74 Å². The molecule has 3 aromatic carbocycles. The van der Waals surface area contributed by atoms with Crippen molar-refractivity contribution in [1.29, 1.82) is 0 Å². The van der Waals surface area contributed by atoms with Gasteiger partial charge in [0, 0.05) is 11.1 Å². The maximum Gasteiger partial charge on any atom is 0.314 e. The normalized spacial score (nSPS) is 17.9. The SMILES string of the molecule is O=C(Oc1ccccc1)C1CCC(CCc2ccc(C#Cc3ccccc3)cc2)CC1. The summed E-state index contributed by atoms with van der Waals surface area (Å²) in [5, 5.41) is 0. The molecule has 1 saturated carbocycles. The van der Waals surface area contributed by atoms with Crippen molar-refractivity contribution in [2.45, 2.75) is 38.5 Å². The fraction of sp³-hybridized carbons (Fsp3) is 0.276. The number of benzene rings is 3. The monoisotopic (exact) mass is 408 g/mol. The molecule has 1 aliphatic rings. The summed E-state index contributed by atoms with van der Waals surface area (Å²) in [5.74, 6) is 7.74. The van der Waals surface area contributed by atoms with Crippen LogP contribution in [0.25, 0.3) is 0 Å². The Morgan fingerprint density at radius 1 is 0.742 bits per heavy atom. The number of para-hydroxylation sites is 1. The molecule has 1 fully saturated rings. The number of carbonyl (C=O) groups excluding carboxylic acids is 1. The van der Waals surface area contributed by atoms with Crippen LogP contribution in [-0.4, -0.2) is 5.97 Å². The van der Waals surface area contributed by atoms with Crippen LogP contribution in [0.3, 0.4) is 0 Å². The van der Waals surface area contributed by atoms with Crippen LogP contribution in [0.15, 0.2) is 84.9 Å². The van der Waals surface area contributed by atoms with Crippen LogP contribution >= 0.6 is 0 Å². The highest BCUT2D eigenvalue weighted by atomic mass is 16.5. The largest absolute Gasteiger partial charge is 0.426 e. The zero-order valence-corrected chi connectivity index (χ0v) is 17.8. The van der Waals surface area contributed by atoms with Crippen LogP contribution in [-0.2, 0) is 11.2 Å². The van der Waals surface area contributed by atoms with E-state index in [0.717, 1.165) is 43.2 Å². The molecule has 0 aromatic heterocycles. The third-order valence-corrected chi connectivity index (χ3v) is 6.06. The smallest absolute Gasteiger partial charge is 0.314 e. The second-order valence-corrected chi connectivity index (χ2v) is 8.30. The molecule has 0 saturated heterocycles. The first-order chi connectivity index (χ1) is 15.3. The molecular formula is C29H28O2. The van der Waals surface area contributed by atoms with Crippen molar-refractivity contribution in [3.8, 4) is 17.6 Å². The van der Waals surface area contributed by atoms with Crippen LogP contribution < -0.4 is 4.74 Å². The van der Waals surface area contributed by atoms with Gasteiger partial charge in [0.05, 0.1) is 5.92 Å². The number of hydrogen-bond donors (Lipinski definition) is 0. The fourth-order valence-electron chi connectivity index (χ4n) is 4.17. The van der Waals surface area contributed by atoms with Crippen LogP contribution in [0.4, 0.5) is 0 Å². The lowest BCUT2D eigenvalue weighted by Crippen LogP contribution is -2.25. The Bertz CT molecular complexity index is 1020. The predicted octanol–water partition coefficient (Wildman–Crippen LogP) is 6.43. The third-order valence-electron chi connectivity index (χ3n) is 6.06. The van der Waals surface area contributed by atoms with Crippen LogP contribution in [0.2, 0.25) is 0 Å². The fourth-order valence-corrected chi connectivity index (χ4v) is 4.17. The third kappa shape index (κ3) is 6.33. The Balaban J connectivity index is 1.21. The number of aryl methyl sites for hydroxylation is 1. The Morgan fingerprint density at radius 2 is 1.32 bits per heavy atom. The van der Waals surface area contributed by atoms with Gasteiger partial charge in [-0.1, -0.05) is 60.4 Å². The molecule has 2 heteroatoms. The summed E-state index contributed by atoms with van der Waals surface area (Å²) in [6.45, 7) is 0. The Morgan fingerprint density at radius 3 is 1.97 bits per heavy atom. The van der Waals surface area contributed by atoms with E-state index >= 15 is 0 Å². The minimum Gasteiger partial charge on any atom is -0.426 e. The minimum absolute atomic E-state index is 0.0407. The van der Waals surface area contributed by atoms with Crippen molar-refractivity contribution < 1.29 is 9.53 Å². The Hall–Kier alpha value is -3.31. The molecule has 31 heavy (non-hydrogen) atoms. The lowest BCUT2D eigenvalue weighted by atomic mass is 9.79. The molecule has 0 amide bonds. The topological polar surface area (TPSA) is 26.3 Å². The van der Waals surface area contributed by atoms with Crippen molar-refractivity contribution in [3.05, 3.63) is 102 Å². The van der Waals surface area contributed by atoms with E-state index in [4.69, 9.17) is 4.74 Å². The molecule has 0 heterocycles. The zero-order valence-electron chi connectivity index (χ0n) is 17.8. The summed E-state index contributed by atoms with van der Waals surface area (Å²) >= 11 is 0. The number of esters is 1. The van der Waals surface area contributed by atoms with Crippen molar-refractivity contribution in [2.24, 2.45) is 11.8 Å². The number of rotatable bonds is 5. The second-order valence-electron chi connectivity index (χ2n) is 8.30. The molecule has 0 radical (unpaired) electrons. The maximum absolute atomic E-state index is 12.4. The summed E-state index contributed by atoms with van der Waals surface area (Å²) in [5.41, 5.74) is 3.44. The predicted molar refractivity (Wildman–Crippen MR) is 125 cm³/mol.